The van der Waals surface area contributed by atoms with Gasteiger partial charge in [-0.15, -0.1) is 0 Å². The standard InChI is InChI=1S/C17H19ClN2O4/c1-10(2)16(17(22)23)20-14(21)7-8-15-19-9-13(24-15)11-5-3-4-6-12(11)18/h3-6,9-10,16H,7-8H2,1-2H3,(H,20,21)(H,22,23)/t16-/m1/s1. The molecule has 0 bridgehead atoms. The molecule has 7 heteroatoms. The van der Waals surface area contributed by atoms with Gasteiger partial charge in [0.15, 0.2) is 11.7 Å². The van der Waals surface area contributed by atoms with Crippen LogP contribution in [0.1, 0.15) is 26.2 Å². The van der Waals surface area contributed by atoms with Crippen LogP contribution in [0.4, 0.5) is 0 Å². The van der Waals surface area contributed by atoms with Crippen molar-refractivity contribution in [2.45, 2.75) is 32.7 Å². The Hall–Kier alpha value is -2.34. The molecule has 0 saturated heterocycles. The van der Waals surface area contributed by atoms with Crippen molar-refractivity contribution in [2.24, 2.45) is 5.92 Å². The molecule has 24 heavy (non-hydrogen) atoms. The molecule has 0 aliphatic rings. The van der Waals surface area contributed by atoms with Gasteiger partial charge in [0, 0.05) is 18.4 Å². The number of rotatable bonds is 7. The Labute approximate surface area is 144 Å². The van der Waals surface area contributed by atoms with E-state index < -0.39 is 12.0 Å². The summed E-state index contributed by atoms with van der Waals surface area (Å²) >= 11 is 6.10. The molecule has 1 amide bonds. The largest absolute Gasteiger partial charge is 0.480 e. The molecule has 0 saturated carbocycles. The average molecular weight is 351 g/mol. The van der Waals surface area contributed by atoms with Gasteiger partial charge in [-0.25, -0.2) is 9.78 Å². The third-order valence-electron chi connectivity index (χ3n) is 3.51. The number of carbonyl (C=O) groups is 2. The molecule has 6 nitrogen and oxygen atoms in total. The maximum Gasteiger partial charge on any atom is 0.326 e. The summed E-state index contributed by atoms with van der Waals surface area (Å²) in [5.41, 5.74) is 0.730. The third kappa shape index (κ3) is 4.58. The van der Waals surface area contributed by atoms with Gasteiger partial charge in [-0.1, -0.05) is 37.6 Å². The number of hydrogen-bond acceptors (Lipinski definition) is 4. The molecule has 1 heterocycles. The first kappa shape index (κ1) is 18.0. The smallest absolute Gasteiger partial charge is 0.326 e. The predicted molar refractivity (Wildman–Crippen MR) is 89.7 cm³/mol. The van der Waals surface area contributed by atoms with Crippen LogP contribution in [0.15, 0.2) is 34.9 Å². The molecular weight excluding hydrogens is 332 g/mol. The number of hydrogen-bond donors (Lipinski definition) is 2. The average Bonchev–Trinajstić information content (AvgIpc) is 2.99. The highest BCUT2D eigenvalue weighted by molar-refractivity contribution is 6.33. The summed E-state index contributed by atoms with van der Waals surface area (Å²) in [7, 11) is 0. The number of carbonyl (C=O) groups excluding carboxylic acids is 1. The van der Waals surface area contributed by atoms with Gasteiger partial charge >= 0.3 is 5.97 Å². The highest BCUT2D eigenvalue weighted by Crippen LogP contribution is 2.28. The minimum atomic E-state index is -1.05. The van der Waals surface area contributed by atoms with E-state index in [0.717, 1.165) is 5.56 Å². The molecule has 0 radical (unpaired) electrons. The predicted octanol–water partition coefficient (Wildman–Crippen LogP) is 3.15. The van der Waals surface area contributed by atoms with E-state index in [1.165, 1.54) is 0 Å². The summed E-state index contributed by atoms with van der Waals surface area (Å²) in [6.45, 7) is 3.48. The first-order valence-electron chi connectivity index (χ1n) is 7.60. The van der Waals surface area contributed by atoms with Crippen LogP contribution in [-0.2, 0) is 16.0 Å². The Bertz CT molecular complexity index is 727. The van der Waals surface area contributed by atoms with Crippen LogP contribution >= 0.6 is 11.6 Å². The van der Waals surface area contributed by atoms with Crippen molar-refractivity contribution in [3.05, 3.63) is 41.4 Å². The first-order chi connectivity index (χ1) is 11.4. The van der Waals surface area contributed by atoms with Crippen molar-refractivity contribution in [2.75, 3.05) is 0 Å². The van der Waals surface area contributed by atoms with Crippen molar-refractivity contribution in [3.63, 3.8) is 0 Å². The molecule has 1 aromatic heterocycles. The number of aryl methyl sites for hydroxylation is 1. The van der Waals surface area contributed by atoms with Crippen molar-refractivity contribution in [3.8, 4) is 11.3 Å². The van der Waals surface area contributed by atoms with Gasteiger partial charge in [0.05, 0.1) is 11.2 Å². The maximum absolute atomic E-state index is 11.9. The number of oxazole rings is 1. The number of benzene rings is 1. The minimum absolute atomic E-state index is 0.0962. The summed E-state index contributed by atoms with van der Waals surface area (Å²) < 4.78 is 5.61. The highest BCUT2D eigenvalue weighted by Gasteiger charge is 2.23. The molecule has 128 valence electrons. The van der Waals surface area contributed by atoms with Crippen LogP contribution in [0.3, 0.4) is 0 Å². The van der Waals surface area contributed by atoms with E-state index in [1.54, 1.807) is 26.1 Å². The summed E-state index contributed by atoms with van der Waals surface area (Å²) in [6.07, 6.45) is 1.93. The molecule has 2 aromatic rings. The molecule has 2 rings (SSSR count). The summed E-state index contributed by atoms with van der Waals surface area (Å²) in [4.78, 5) is 27.1. The second-order valence-electron chi connectivity index (χ2n) is 5.73. The lowest BCUT2D eigenvalue weighted by molar-refractivity contribution is -0.143. The Morgan fingerprint density at radius 1 is 1.33 bits per heavy atom. The molecule has 0 spiro atoms. The van der Waals surface area contributed by atoms with E-state index in [2.05, 4.69) is 10.3 Å². The Morgan fingerprint density at radius 3 is 2.67 bits per heavy atom. The number of nitrogens with one attached hydrogen (secondary N) is 1. The van der Waals surface area contributed by atoms with Crippen LogP contribution in [-0.4, -0.2) is 28.0 Å². The molecule has 2 N–H and O–H groups in total. The lowest BCUT2D eigenvalue weighted by Crippen LogP contribution is -2.44. The third-order valence-corrected chi connectivity index (χ3v) is 3.84. The number of aliphatic carboxylic acids is 1. The zero-order valence-electron chi connectivity index (χ0n) is 13.5. The van der Waals surface area contributed by atoms with E-state index in [4.69, 9.17) is 21.1 Å². The number of carboxylic acids is 1. The lowest BCUT2D eigenvalue weighted by Gasteiger charge is -2.17. The number of carboxylic acid groups (broad SMARTS) is 1. The SMILES string of the molecule is CC(C)[C@@H](NC(=O)CCc1ncc(-c2ccccc2Cl)o1)C(=O)O. The van der Waals surface area contributed by atoms with Crippen molar-refractivity contribution >= 4 is 23.5 Å². The Kier molecular flexibility index (Phi) is 5.98. The van der Waals surface area contributed by atoms with Gasteiger partial charge in [-0.05, 0) is 18.1 Å². The summed E-state index contributed by atoms with van der Waals surface area (Å²) in [5.74, 6) is -0.665. The number of halogens is 1. The zero-order chi connectivity index (χ0) is 17.7. The van der Waals surface area contributed by atoms with Crippen LogP contribution in [0.2, 0.25) is 5.02 Å². The van der Waals surface area contributed by atoms with E-state index in [9.17, 15) is 9.59 Å². The Balaban J connectivity index is 1.95. The van der Waals surface area contributed by atoms with Gasteiger partial charge in [0.25, 0.3) is 0 Å². The number of nitrogens with zero attached hydrogens (tertiary/aromatic N) is 1. The quantitative estimate of drug-likeness (QED) is 0.800. The fourth-order valence-electron chi connectivity index (χ4n) is 2.19. The van der Waals surface area contributed by atoms with Crippen molar-refractivity contribution < 1.29 is 19.1 Å². The second kappa shape index (κ2) is 7.97. The lowest BCUT2D eigenvalue weighted by atomic mass is 10.0. The molecule has 1 atom stereocenters. The van der Waals surface area contributed by atoms with Crippen LogP contribution in [0.5, 0.6) is 0 Å². The fraction of sp³-hybridized carbons (Fsp3) is 0.353. The second-order valence-corrected chi connectivity index (χ2v) is 6.13. The van der Waals surface area contributed by atoms with Crippen LogP contribution in [0, 0.1) is 5.92 Å². The molecule has 0 aliphatic carbocycles. The Morgan fingerprint density at radius 2 is 2.04 bits per heavy atom. The zero-order valence-corrected chi connectivity index (χ0v) is 14.2. The molecule has 0 fully saturated rings. The van der Waals surface area contributed by atoms with Gasteiger partial charge < -0.3 is 14.8 Å². The van der Waals surface area contributed by atoms with Gasteiger partial charge in [0.2, 0.25) is 5.91 Å². The molecule has 1 aromatic carbocycles. The minimum Gasteiger partial charge on any atom is -0.480 e. The van der Waals surface area contributed by atoms with E-state index in [1.807, 2.05) is 18.2 Å². The molecule has 0 unspecified atom stereocenters. The number of amides is 1. The normalized spacial score (nSPS) is 12.2. The van der Waals surface area contributed by atoms with Gasteiger partial charge in [-0.3, -0.25) is 4.79 Å². The van der Waals surface area contributed by atoms with Gasteiger partial charge in [-0.2, -0.15) is 0 Å². The molecular formula is C17H19ClN2O4. The fourth-order valence-corrected chi connectivity index (χ4v) is 2.42. The highest BCUT2D eigenvalue weighted by atomic mass is 35.5. The topological polar surface area (TPSA) is 92.4 Å². The molecule has 0 aliphatic heterocycles. The van der Waals surface area contributed by atoms with E-state index >= 15 is 0 Å². The maximum atomic E-state index is 11.9. The number of aromatic nitrogens is 1. The van der Waals surface area contributed by atoms with Crippen LogP contribution in [0.25, 0.3) is 11.3 Å². The van der Waals surface area contributed by atoms with Crippen LogP contribution < -0.4 is 5.32 Å². The first-order valence-corrected chi connectivity index (χ1v) is 7.98. The van der Waals surface area contributed by atoms with Gasteiger partial charge in [0.1, 0.15) is 6.04 Å². The van der Waals surface area contributed by atoms with E-state index in [0.29, 0.717) is 16.7 Å². The van der Waals surface area contributed by atoms with Crippen molar-refractivity contribution in [1.29, 1.82) is 0 Å². The monoisotopic (exact) mass is 350 g/mol. The van der Waals surface area contributed by atoms with E-state index in [-0.39, 0.29) is 24.7 Å². The summed E-state index contributed by atoms with van der Waals surface area (Å²) in [6, 6.07) is 6.33. The van der Waals surface area contributed by atoms with Crippen molar-refractivity contribution in [1.82, 2.24) is 10.3 Å². The summed E-state index contributed by atoms with van der Waals surface area (Å²) in [5, 5.41) is 12.1.